The van der Waals surface area contributed by atoms with E-state index in [2.05, 4.69) is 17.4 Å². The zero-order valence-electron chi connectivity index (χ0n) is 18.1. The summed E-state index contributed by atoms with van der Waals surface area (Å²) in [6, 6.07) is 17.4. The Labute approximate surface area is 194 Å². The van der Waals surface area contributed by atoms with E-state index in [1.807, 2.05) is 49.4 Å². The third-order valence-corrected chi connectivity index (χ3v) is 6.99. The van der Waals surface area contributed by atoms with Crippen molar-refractivity contribution in [2.75, 3.05) is 5.75 Å². The van der Waals surface area contributed by atoms with E-state index in [-0.39, 0.29) is 17.9 Å². The number of hydrogen-bond acceptors (Lipinski definition) is 3. The fourth-order valence-corrected chi connectivity index (χ4v) is 4.85. The molecule has 0 heterocycles. The Hall–Kier alpha value is -1.98. The Balaban J connectivity index is 1.59. The van der Waals surface area contributed by atoms with Crippen molar-refractivity contribution < 1.29 is 9.59 Å². The number of rotatable bonds is 10. The molecule has 31 heavy (non-hydrogen) atoms. The topological polar surface area (TPSA) is 49.4 Å². The first-order valence-electron chi connectivity index (χ1n) is 11.0. The molecule has 0 radical (unpaired) electrons. The average Bonchev–Trinajstić information content (AvgIpc) is 3.29. The van der Waals surface area contributed by atoms with Gasteiger partial charge in [-0.2, -0.15) is 11.8 Å². The number of thioether (sulfide) groups is 1. The summed E-state index contributed by atoms with van der Waals surface area (Å²) in [4.78, 5) is 27.7. The highest BCUT2D eigenvalue weighted by Crippen LogP contribution is 2.20. The molecule has 0 aliphatic heterocycles. The number of hydrogen-bond donors (Lipinski definition) is 1. The van der Waals surface area contributed by atoms with Crippen LogP contribution in [-0.4, -0.2) is 34.6 Å². The first-order valence-corrected chi connectivity index (χ1v) is 12.5. The third-order valence-electron chi connectivity index (χ3n) is 5.71. The van der Waals surface area contributed by atoms with Crippen molar-refractivity contribution in [1.82, 2.24) is 10.2 Å². The molecule has 1 aliphatic carbocycles. The minimum absolute atomic E-state index is 0.00424. The van der Waals surface area contributed by atoms with Crippen LogP contribution in [0.4, 0.5) is 0 Å². The molecule has 0 spiro atoms. The van der Waals surface area contributed by atoms with Crippen LogP contribution in [0.15, 0.2) is 54.6 Å². The second kappa shape index (κ2) is 12.2. The Morgan fingerprint density at radius 2 is 1.74 bits per heavy atom. The number of nitrogens with one attached hydrogen (secondary N) is 1. The van der Waals surface area contributed by atoms with Gasteiger partial charge in [-0.3, -0.25) is 9.59 Å². The van der Waals surface area contributed by atoms with Gasteiger partial charge in [0.15, 0.2) is 0 Å². The number of carbonyl (C=O) groups is 2. The van der Waals surface area contributed by atoms with Crippen LogP contribution in [0.1, 0.15) is 50.2 Å². The van der Waals surface area contributed by atoms with Crippen molar-refractivity contribution in [1.29, 1.82) is 0 Å². The lowest BCUT2D eigenvalue weighted by Gasteiger charge is -2.30. The van der Waals surface area contributed by atoms with Crippen molar-refractivity contribution in [3.8, 4) is 0 Å². The molecule has 1 unspecified atom stereocenters. The maximum atomic E-state index is 13.1. The van der Waals surface area contributed by atoms with Gasteiger partial charge >= 0.3 is 0 Å². The first-order chi connectivity index (χ1) is 15.0. The van der Waals surface area contributed by atoms with E-state index in [4.69, 9.17) is 11.6 Å². The molecule has 2 amide bonds. The number of benzene rings is 2. The van der Waals surface area contributed by atoms with Crippen molar-refractivity contribution in [3.63, 3.8) is 0 Å². The zero-order valence-corrected chi connectivity index (χ0v) is 19.6. The van der Waals surface area contributed by atoms with E-state index in [1.165, 1.54) is 5.56 Å². The fourth-order valence-electron chi connectivity index (χ4n) is 3.83. The molecule has 4 nitrogen and oxygen atoms in total. The van der Waals surface area contributed by atoms with E-state index < -0.39 is 6.04 Å². The molecule has 166 valence electrons. The van der Waals surface area contributed by atoms with Crippen molar-refractivity contribution in [3.05, 3.63) is 70.7 Å². The lowest BCUT2D eigenvalue weighted by Crippen LogP contribution is -2.49. The van der Waals surface area contributed by atoms with Crippen LogP contribution in [0.25, 0.3) is 0 Å². The Bertz CT molecular complexity index is 838. The summed E-state index contributed by atoms with van der Waals surface area (Å²) in [5.74, 6) is 1.54. The van der Waals surface area contributed by atoms with Crippen LogP contribution >= 0.6 is 23.4 Å². The fraction of sp³-hybridized carbons (Fsp3) is 0.440. The molecule has 2 aromatic carbocycles. The molecule has 1 fully saturated rings. The molecule has 1 aliphatic rings. The summed E-state index contributed by atoms with van der Waals surface area (Å²) in [7, 11) is 0. The molecule has 1 atom stereocenters. The van der Waals surface area contributed by atoms with E-state index in [9.17, 15) is 9.59 Å². The molecular formula is C25H31ClN2O2S. The van der Waals surface area contributed by atoms with Crippen molar-refractivity contribution in [2.24, 2.45) is 0 Å². The molecule has 0 saturated heterocycles. The Kier molecular flexibility index (Phi) is 9.29. The van der Waals surface area contributed by atoms with Gasteiger partial charge in [0, 0.05) is 35.5 Å². The SMILES string of the molecule is CC(C(=O)NC1CCCC1)N(Cc1ccc(Cl)cc1)C(=O)CCSCc1ccccc1. The summed E-state index contributed by atoms with van der Waals surface area (Å²) in [5.41, 5.74) is 2.22. The maximum absolute atomic E-state index is 13.1. The first kappa shape index (κ1) is 23.7. The van der Waals surface area contributed by atoms with Gasteiger partial charge in [-0.25, -0.2) is 0 Å². The smallest absolute Gasteiger partial charge is 0.242 e. The van der Waals surface area contributed by atoms with Crippen molar-refractivity contribution in [2.45, 2.75) is 63.4 Å². The van der Waals surface area contributed by atoms with Gasteiger partial charge in [-0.05, 0) is 43.0 Å². The molecule has 2 aromatic rings. The predicted octanol–water partition coefficient (Wildman–Crippen LogP) is 5.44. The second-order valence-electron chi connectivity index (χ2n) is 8.10. The maximum Gasteiger partial charge on any atom is 0.242 e. The van der Waals surface area contributed by atoms with Gasteiger partial charge in [0.25, 0.3) is 0 Å². The monoisotopic (exact) mass is 458 g/mol. The number of nitrogens with zero attached hydrogens (tertiary/aromatic N) is 1. The Morgan fingerprint density at radius 1 is 1.06 bits per heavy atom. The van der Waals surface area contributed by atoms with Crippen LogP contribution in [0.5, 0.6) is 0 Å². The largest absolute Gasteiger partial charge is 0.352 e. The van der Waals surface area contributed by atoms with Gasteiger partial charge in [0.2, 0.25) is 11.8 Å². The lowest BCUT2D eigenvalue weighted by atomic mass is 10.1. The minimum Gasteiger partial charge on any atom is -0.352 e. The van der Waals surface area contributed by atoms with Crippen LogP contribution in [0.3, 0.4) is 0 Å². The summed E-state index contributed by atoms with van der Waals surface area (Å²) >= 11 is 7.75. The van der Waals surface area contributed by atoms with E-state index in [1.54, 1.807) is 16.7 Å². The highest BCUT2D eigenvalue weighted by atomic mass is 35.5. The van der Waals surface area contributed by atoms with E-state index >= 15 is 0 Å². The Morgan fingerprint density at radius 3 is 2.42 bits per heavy atom. The highest BCUT2D eigenvalue weighted by molar-refractivity contribution is 7.98. The van der Waals surface area contributed by atoms with Gasteiger partial charge in [0.05, 0.1) is 0 Å². The van der Waals surface area contributed by atoms with Crippen molar-refractivity contribution >= 4 is 35.2 Å². The molecule has 6 heteroatoms. The molecular weight excluding hydrogens is 428 g/mol. The number of carbonyl (C=O) groups excluding carboxylic acids is 2. The lowest BCUT2D eigenvalue weighted by molar-refractivity contribution is -0.140. The number of halogens is 1. The summed E-state index contributed by atoms with van der Waals surface area (Å²) in [5, 5.41) is 3.80. The quantitative estimate of drug-likeness (QED) is 0.482. The minimum atomic E-state index is -0.511. The van der Waals surface area contributed by atoms with Gasteiger partial charge < -0.3 is 10.2 Å². The summed E-state index contributed by atoms with van der Waals surface area (Å²) in [6.07, 6.45) is 4.78. The molecule has 0 aromatic heterocycles. The van der Waals surface area contributed by atoms with Crippen LogP contribution in [-0.2, 0) is 21.9 Å². The second-order valence-corrected chi connectivity index (χ2v) is 9.64. The molecule has 3 rings (SSSR count). The van der Waals surface area contributed by atoms with Crippen LogP contribution in [0.2, 0.25) is 5.02 Å². The predicted molar refractivity (Wildman–Crippen MR) is 129 cm³/mol. The average molecular weight is 459 g/mol. The third kappa shape index (κ3) is 7.58. The normalized spacial score (nSPS) is 14.9. The van der Waals surface area contributed by atoms with E-state index in [0.29, 0.717) is 18.0 Å². The number of amides is 2. The van der Waals surface area contributed by atoms with Crippen LogP contribution < -0.4 is 5.32 Å². The molecule has 1 saturated carbocycles. The van der Waals surface area contributed by atoms with E-state index in [0.717, 1.165) is 42.8 Å². The molecule has 1 N–H and O–H groups in total. The summed E-state index contributed by atoms with van der Waals surface area (Å²) in [6.45, 7) is 2.23. The standard InChI is InChI=1S/C25H31ClN2O2S/c1-19(25(30)27-23-9-5-6-10-23)28(17-20-11-13-22(26)14-12-20)24(29)15-16-31-18-21-7-3-2-4-8-21/h2-4,7-8,11-14,19,23H,5-6,9-10,15-18H2,1H3,(H,27,30). The van der Waals surface area contributed by atoms with Gasteiger partial charge in [-0.1, -0.05) is 66.9 Å². The molecule has 0 bridgehead atoms. The van der Waals surface area contributed by atoms with Crippen LogP contribution in [0, 0.1) is 0 Å². The summed E-state index contributed by atoms with van der Waals surface area (Å²) < 4.78 is 0. The highest BCUT2D eigenvalue weighted by Gasteiger charge is 2.28. The van der Waals surface area contributed by atoms with Gasteiger partial charge in [0.1, 0.15) is 6.04 Å². The zero-order chi connectivity index (χ0) is 22.1. The van der Waals surface area contributed by atoms with Gasteiger partial charge in [-0.15, -0.1) is 0 Å².